The van der Waals surface area contributed by atoms with Gasteiger partial charge in [-0.1, -0.05) is 6.07 Å². The molecule has 1 atom stereocenters. The molecule has 0 saturated carbocycles. The van der Waals surface area contributed by atoms with Crippen LogP contribution in [0.5, 0.6) is 0 Å². The first kappa shape index (κ1) is 17.3. The quantitative estimate of drug-likeness (QED) is 0.860. The van der Waals surface area contributed by atoms with E-state index in [-0.39, 0.29) is 23.4 Å². The van der Waals surface area contributed by atoms with Crippen LogP contribution in [0.15, 0.2) is 23.1 Å². The molecule has 0 radical (unpaired) electrons. The molecule has 3 N–H and O–H groups in total. The number of hydrogen-bond acceptors (Lipinski definition) is 4. The maximum atomic E-state index is 12.3. The maximum Gasteiger partial charge on any atom is 0.321 e. The van der Waals surface area contributed by atoms with Gasteiger partial charge in [0.05, 0.1) is 10.8 Å². The van der Waals surface area contributed by atoms with E-state index >= 15 is 0 Å². The lowest BCUT2D eigenvalue weighted by Crippen LogP contribution is -2.45. The number of carbonyl (C=O) groups excluding carboxylic acids is 2. The van der Waals surface area contributed by atoms with Crippen molar-refractivity contribution in [2.45, 2.75) is 24.7 Å². The van der Waals surface area contributed by atoms with E-state index in [0.717, 1.165) is 6.26 Å². The fraction of sp³-hybridized carbons (Fsp3) is 0.467. The fourth-order valence-electron chi connectivity index (χ4n) is 2.67. The number of amides is 3. The molecule has 1 aliphatic heterocycles. The Hall–Kier alpha value is -2.09. The fourth-order valence-corrected chi connectivity index (χ4v) is 3.67. The van der Waals surface area contributed by atoms with Crippen LogP contribution in [0.25, 0.3) is 0 Å². The molecule has 7 nitrogen and oxygen atoms in total. The number of rotatable bonds is 3. The summed E-state index contributed by atoms with van der Waals surface area (Å²) in [5.41, 5.74) is 6.33. The molecule has 0 bridgehead atoms. The minimum Gasteiger partial charge on any atom is -0.369 e. The Bertz CT molecular complexity index is 730. The highest BCUT2D eigenvalue weighted by Crippen LogP contribution is 2.21. The number of aryl methyl sites for hydroxylation is 1. The summed E-state index contributed by atoms with van der Waals surface area (Å²) in [6.45, 7) is 2.52. The molecule has 126 valence electrons. The number of anilines is 1. The van der Waals surface area contributed by atoms with Crippen LogP contribution in [0.2, 0.25) is 0 Å². The summed E-state index contributed by atoms with van der Waals surface area (Å²) in [5, 5.41) is 2.68. The van der Waals surface area contributed by atoms with Crippen LogP contribution in [0.3, 0.4) is 0 Å². The van der Waals surface area contributed by atoms with E-state index in [1.807, 2.05) is 0 Å². The first-order valence-electron chi connectivity index (χ1n) is 7.34. The number of nitrogens with zero attached hydrogens (tertiary/aromatic N) is 1. The van der Waals surface area contributed by atoms with Gasteiger partial charge in [0, 0.05) is 25.0 Å². The van der Waals surface area contributed by atoms with Gasteiger partial charge in [-0.25, -0.2) is 13.2 Å². The summed E-state index contributed by atoms with van der Waals surface area (Å²) in [6.07, 6.45) is 2.52. The Balaban J connectivity index is 2.13. The molecule has 1 aliphatic rings. The number of likely N-dealkylation sites (tertiary alicyclic amines) is 1. The molecule has 1 fully saturated rings. The number of urea groups is 1. The molecule has 8 heteroatoms. The zero-order valence-electron chi connectivity index (χ0n) is 13.2. The van der Waals surface area contributed by atoms with Gasteiger partial charge < -0.3 is 16.0 Å². The second kappa shape index (κ2) is 6.57. The topological polar surface area (TPSA) is 110 Å². The van der Waals surface area contributed by atoms with Crippen molar-refractivity contribution in [1.82, 2.24) is 4.90 Å². The van der Waals surface area contributed by atoms with Crippen LogP contribution < -0.4 is 11.1 Å². The molecule has 0 aliphatic carbocycles. The first-order chi connectivity index (χ1) is 10.7. The van der Waals surface area contributed by atoms with Crippen LogP contribution in [0, 0.1) is 12.8 Å². The number of hydrogen-bond donors (Lipinski definition) is 2. The Morgan fingerprint density at radius 2 is 2.04 bits per heavy atom. The molecule has 0 unspecified atom stereocenters. The highest BCUT2D eigenvalue weighted by Gasteiger charge is 2.27. The van der Waals surface area contributed by atoms with E-state index in [2.05, 4.69) is 5.32 Å². The number of nitrogens with two attached hydrogens (primary N) is 1. The zero-order chi connectivity index (χ0) is 17.2. The molecule has 2 rings (SSSR count). The molecule has 0 aromatic heterocycles. The van der Waals surface area contributed by atoms with Gasteiger partial charge in [0.25, 0.3) is 0 Å². The van der Waals surface area contributed by atoms with E-state index in [1.54, 1.807) is 19.1 Å². The van der Waals surface area contributed by atoms with Crippen LogP contribution in [0.4, 0.5) is 10.5 Å². The number of primary amides is 1. The maximum absolute atomic E-state index is 12.3. The summed E-state index contributed by atoms with van der Waals surface area (Å²) < 4.78 is 23.5. The summed E-state index contributed by atoms with van der Waals surface area (Å²) in [4.78, 5) is 25.3. The minimum absolute atomic E-state index is 0.184. The highest BCUT2D eigenvalue weighted by atomic mass is 32.2. The average Bonchev–Trinajstić information content (AvgIpc) is 2.48. The minimum atomic E-state index is -3.36. The van der Waals surface area contributed by atoms with Gasteiger partial charge in [-0.05, 0) is 37.5 Å². The van der Waals surface area contributed by atoms with Gasteiger partial charge in [-0.3, -0.25) is 4.79 Å². The van der Waals surface area contributed by atoms with E-state index < -0.39 is 15.7 Å². The summed E-state index contributed by atoms with van der Waals surface area (Å²) in [7, 11) is -3.36. The van der Waals surface area contributed by atoms with E-state index in [4.69, 9.17) is 5.73 Å². The molecule has 3 amide bonds. The normalized spacial score (nSPS) is 18.5. The molecular formula is C15H21N3O4S. The number of sulfone groups is 1. The first-order valence-corrected chi connectivity index (χ1v) is 9.23. The van der Waals surface area contributed by atoms with Gasteiger partial charge >= 0.3 is 6.03 Å². The van der Waals surface area contributed by atoms with Crippen molar-refractivity contribution in [2.75, 3.05) is 24.7 Å². The van der Waals surface area contributed by atoms with Crippen LogP contribution in [-0.2, 0) is 14.6 Å². The summed E-state index contributed by atoms with van der Waals surface area (Å²) in [5.74, 6) is -0.740. The second-order valence-corrected chi connectivity index (χ2v) is 7.85. The standard InChI is InChI=1S/C15H21N3O4S/c1-10-5-6-12(8-13(10)23(2,21)22)17-15(20)18-7-3-4-11(9-18)14(16)19/h5-6,8,11H,3-4,7,9H2,1-2H3,(H2,16,19)(H,17,20)/t11-/m0/s1. The third-order valence-corrected chi connectivity index (χ3v) is 5.19. The van der Waals surface area contributed by atoms with Crippen LogP contribution in [0.1, 0.15) is 18.4 Å². The molecule has 1 aromatic carbocycles. The Kier molecular flexibility index (Phi) is 4.93. The largest absolute Gasteiger partial charge is 0.369 e. The summed E-state index contributed by atoms with van der Waals surface area (Å²) in [6, 6.07) is 4.38. The van der Waals surface area contributed by atoms with Crippen molar-refractivity contribution < 1.29 is 18.0 Å². The Labute approximate surface area is 135 Å². The predicted molar refractivity (Wildman–Crippen MR) is 86.8 cm³/mol. The third kappa shape index (κ3) is 4.22. The predicted octanol–water partition coefficient (Wildman–Crippen LogP) is 1.13. The lowest BCUT2D eigenvalue weighted by atomic mass is 9.98. The van der Waals surface area contributed by atoms with Crippen molar-refractivity contribution in [1.29, 1.82) is 0 Å². The monoisotopic (exact) mass is 339 g/mol. The van der Waals surface area contributed by atoms with Gasteiger partial charge in [0.1, 0.15) is 0 Å². The highest BCUT2D eigenvalue weighted by molar-refractivity contribution is 7.90. The smallest absolute Gasteiger partial charge is 0.321 e. The van der Waals surface area contributed by atoms with Gasteiger partial charge in [-0.2, -0.15) is 0 Å². The molecular weight excluding hydrogens is 318 g/mol. The van der Waals surface area contributed by atoms with E-state index in [0.29, 0.717) is 30.6 Å². The van der Waals surface area contributed by atoms with Crippen molar-refractivity contribution in [3.8, 4) is 0 Å². The zero-order valence-corrected chi connectivity index (χ0v) is 14.0. The molecule has 0 spiro atoms. The Morgan fingerprint density at radius 1 is 1.35 bits per heavy atom. The van der Waals surface area contributed by atoms with E-state index in [1.165, 1.54) is 11.0 Å². The molecule has 1 aromatic rings. The van der Waals surface area contributed by atoms with Crippen LogP contribution in [-0.4, -0.2) is 44.6 Å². The van der Waals surface area contributed by atoms with Crippen molar-refractivity contribution in [3.05, 3.63) is 23.8 Å². The SMILES string of the molecule is Cc1ccc(NC(=O)N2CCC[C@H](C(N)=O)C2)cc1S(C)(=O)=O. The third-order valence-electron chi connectivity index (χ3n) is 3.95. The number of carbonyl (C=O) groups is 2. The molecule has 23 heavy (non-hydrogen) atoms. The summed E-state index contributed by atoms with van der Waals surface area (Å²) >= 11 is 0. The van der Waals surface area contributed by atoms with Crippen molar-refractivity contribution in [3.63, 3.8) is 0 Å². The average molecular weight is 339 g/mol. The molecule has 1 heterocycles. The molecule has 1 saturated heterocycles. The Morgan fingerprint density at radius 3 is 2.65 bits per heavy atom. The van der Waals surface area contributed by atoms with Crippen molar-refractivity contribution in [2.24, 2.45) is 11.7 Å². The van der Waals surface area contributed by atoms with Crippen molar-refractivity contribution >= 4 is 27.5 Å². The van der Waals surface area contributed by atoms with Gasteiger partial charge in [0.2, 0.25) is 5.91 Å². The number of benzene rings is 1. The van der Waals surface area contributed by atoms with Gasteiger partial charge in [0.15, 0.2) is 9.84 Å². The lowest BCUT2D eigenvalue weighted by molar-refractivity contribution is -0.123. The van der Waals surface area contributed by atoms with Crippen LogP contribution >= 0.6 is 0 Å². The van der Waals surface area contributed by atoms with E-state index in [9.17, 15) is 18.0 Å². The lowest BCUT2D eigenvalue weighted by Gasteiger charge is -2.31. The second-order valence-electron chi connectivity index (χ2n) is 5.87. The number of piperidine rings is 1. The number of nitrogens with one attached hydrogen (secondary N) is 1. The van der Waals surface area contributed by atoms with Gasteiger partial charge in [-0.15, -0.1) is 0 Å².